The number of Topliss-reactive ketones (excluding diaryl/α,β-unsaturated/α-hetero) is 1. The van der Waals surface area contributed by atoms with E-state index < -0.39 is 5.69 Å². The van der Waals surface area contributed by atoms with Gasteiger partial charge < -0.3 is 0 Å². The number of aromatic amines is 1. The molecule has 3 fully saturated rings. The molecule has 1 N–H and O–H groups in total. The molecule has 0 saturated carbocycles. The molecule has 6 heteroatoms. The Morgan fingerprint density at radius 2 is 1.95 bits per heavy atom. The third kappa shape index (κ3) is 2.06. The maximum Gasteiger partial charge on any atom is 0.328 e. The zero-order valence-corrected chi connectivity index (χ0v) is 10.9. The van der Waals surface area contributed by atoms with E-state index in [2.05, 4.69) is 9.88 Å². The molecule has 102 valence electrons. The van der Waals surface area contributed by atoms with Crippen molar-refractivity contribution in [2.24, 2.45) is 5.92 Å². The maximum absolute atomic E-state index is 12.2. The summed E-state index contributed by atoms with van der Waals surface area (Å²) in [6, 6.07) is -0.212. The van der Waals surface area contributed by atoms with Gasteiger partial charge in [-0.25, -0.2) is 4.79 Å². The molecular weight excluding hydrogens is 246 g/mol. The van der Waals surface area contributed by atoms with Crippen LogP contribution in [0, 0.1) is 12.8 Å². The third-order valence-corrected chi connectivity index (χ3v) is 4.26. The lowest BCUT2D eigenvalue weighted by molar-refractivity contribution is -0.137. The average molecular weight is 263 g/mol. The summed E-state index contributed by atoms with van der Waals surface area (Å²) in [5.41, 5.74) is -0.313. The second-order valence-corrected chi connectivity index (χ2v) is 5.45. The van der Waals surface area contributed by atoms with Crippen LogP contribution in [0.4, 0.5) is 0 Å². The fraction of sp³-hybridized carbons (Fsp3) is 0.615. The van der Waals surface area contributed by atoms with E-state index in [1.165, 1.54) is 10.8 Å². The summed E-state index contributed by atoms with van der Waals surface area (Å²) in [6.45, 7) is 3.85. The first-order chi connectivity index (χ1) is 9.06. The molecule has 0 amide bonds. The molecule has 19 heavy (non-hydrogen) atoms. The van der Waals surface area contributed by atoms with E-state index in [9.17, 15) is 14.4 Å². The van der Waals surface area contributed by atoms with Crippen LogP contribution in [0.3, 0.4) is 0 Å². The number of rotatable bonds is 2. The fourth-order valence-corrected chi connectivity index (χ4v) is 3.09. The van der Waals surface area contributed by atoms with Gasteiger partial charge in [0.25, 0.3) is 5.56 Å². The number of aromatic nitrogens is 2. The molecule has 0 aromatic carbocycles. The Bertz CT molecular complexity index is 623. The maximum atomic E-state index is 12.2. The zero-order chi connectivity index (χ0) is 13.6. The van der Waals surface area contributed by atoms with Gasteiger partial charge in [0.2, 0.25) is 0 Å². The normalized spacial score (nSPS) is 29.7. The quantitative estimate of drug-likeness (QED) is 0.781. The second kappa shape index (κ2) is 4.45. The number of nitrogens with one attached hydrogen (secondary N) is 1. The highest BCUT2D eigenvalue weighted by atomic mass is 16.2. The van der Waals surface area contributed by atoms with Crippen molar-refractivity contribution >= 4 is 5.78 Å². The van der Waals surface area contributed by atoms with Gasteiger partial charge in [0.15, 0.2) is 5.78 Å². The predicted molar refractivity (Wildman–Crippen MR) is 69.2 cm³/mol. The summed E-state index contributed by atoms with van der Waals surface area (Å²) >= 11 is 0. The van der Waals surface area contributed by atoms with Gasteiger partial charge in [-0.3, -0.25) is 24.0 Å². The highest BCUT2D eigenvalue weighted by molar-refractivity contribution is 5.87. The number of hydrogen-bond donors (Lipinski definition) is 1. The molecule has 3 aliphatic heterocycles. The van der Waals surface area contributed by atoms with Crippen molar-refractivity contribution in [3.63, 3.8) is 0 Å². The number of hydrogen-bond acceptors (Lipinski definition) is 4. The molecule has 0 spiro atoms. The minimum absolute atomic E-state index is 0.162. The van der Waals surface area contributed by atoms with Gasteiger partial charge in [0, 0.05) is 24.2 Å². The van der Waals surface area contributed by atoms with E-state index in [1.807, 2.05) is 0 Å². The Morgan fingerprint density at radius 3 is 2.58 bits per heavy atom. The highest BCUT2D eigenvalue weighted by Crippen LogP contribution is 2.29. The largest absolute Gasteiger partial charge is 0.328 e. The third-order valence-electron chi connectivity index (χ3n) is 4.26. The summed E-state index contributed by atoms with van der Waals surface area (Å²) < 4.78 is 1.44. The zero-order valence-electron chi connectivity index (χ0n) is 10.9. The van der Waals surface area contributed by atoms with Crippen LogP contribution >= 0.6 is 0 Å². The van der Waals surface area contributed by atoms with E-state index in [0.717, 1.165) is 25.9 Å². The van der Waals surface area contributed by atoms with Crippen LogP contribution in [-0.2, 0) is 11.3 Å². The van der Waals surface area contributed by atoms with Gasteiger partial charge in [-0.1, -0.05) is 0 Å². The topological polar surface area (TPSA) is 75.2 Å². The summed E-state index contributed by atoms with van der Waals surface area (Å²) in [5, 5.41) is 0. The number of piperidine rings is 3. The molecule has 3 aliphatic rings. The van der Waals surface area contributed by atoms with Crippen LogP contribution in [0.1, 0.15) is 18.4 Å². The molecule has 1 atom stereocenters. The van der Waals surface area contributed by atoms with Gasteiger partial charge >= 0.3 is 5.69 Å². The summed E-state index contributed by atoms with van der Waals surface area (Å²) in [6.07, 6.45) is 3.42. The first kappa shape index (κ1) is 12.3. The minimum atomic E-state index is -0.439. The van der Waals surface area contributed by atoms with Crippen molar-refractivity contribution < 1.29 is 4.79 Å². The molecule has 1 aromatic rings. The number of H-pyrrole nitrogens is 1. The van der Waals surface area contributed by atoms with Gasteiger partial charge in [-0.2, -0.15) is 0 Å². The van der Waals surface area contributed by atoms with E-state index in [0.29, 0.717) is 12.1 Å². The molecule has 3 saturated heterocycles. The first-order valence-electron chi connectivity index (χ1n) is 6.64. The molecule has 2 bridgehead atoms. The molecule has 0 aliphatic carbocycles. The van der Waals surface area contributed by atoms with Crippen molar-refractivity contribution in [1.82, 2.24) is 14.5 Å². The van der Waals surface area contributed by atoms with Crippen LogP contribution < -0.4 is 11.2 Å². The molecular formula is C13H17N3O3. The van der Waals surface area contributed by atoms with Gasteiger partial charge in [-0.15, -0.1) is 0 Å². The van der Waals surface area contributed by atoms with Gasteiger partial charge in [0.1, 0.15) is 0 Å². The summed E-state index contributed by atoms with van der Waals surface area (Å²) in [5.74, 6) is 0.405. The molecule has 1 unspecified atom stereocenters. The van der Waals surface area contributed by atoms with Crippen molar-refractivity contribution in [2.75, 3.05) is 13.1 Å². The first-order valence-corrected chi connectivity index (χ1v) is 6.64. The molecule has 4 rings (SSSR count). The Hall–Kier alpha value is -1.69. The Balaban J connectivity index is 1.89. The number of carbonyl (C=O) groups is 1. The number of aryl methyl sites for hydroxylation is 1. The van der Waals surface area contributed by atoms with E-state index in [-0.39, 0.29) is 23.3 Å². The monoisotopic (exact) mass is 263 g/mol. The van der Waals surface area contributed by atoms with Crippen LogP contribution in [0.25, 0.3) is 0 Å². The Labute approximate surface area is 110 Å². The minimum Gasteiger partial charge on any atom is -0.298 e. The standard InChI is InChI=1S/C13H17N3O3/c1-8-6-16(13(19)14-12(8)18)7-10-11(17)9-2-4-15(10)5-3-9/h6,9-10H,2-5,7H2,1H3,(H,14,18,19). The molecule has 0 radical (unpaired) electrons. The summed E-state index contributed by atoms with van der Waals surface area (Å²) in [4.78, 5) is 39.7. The Morgan fingerprint density at radius 1 is 1.26 bits per heavy atom. The lowest BCUT2D eigenvalue weighted by Gasteiger charge is -2.44. The van der Waals surface area contributed by atoms with Crippen molar-refractivity contribution in [3.05, 3.63) is 32.6 Å². The number of carbonyl (C=O) groups excluding carboxylic acids is 1. The van der Waals surface area contributed by atoms with Crippen LogP contribution in [0.2, 0.25) is 0 Å². The van der Waals surface area contributed by atoms with Crippen LogP contribution in [0.5, 0.6) is 0 Å². The van der Waals surface area contributed by atoms with E-state index >= 15 is 0 Å². The smallest absolute Gasteiger partial charge is 0.298 e. The summed E-state index contributed by atoms with van der Waals surface area (Å²) in [7, 11) is 0. The lowest BCUT2D eigenvalue weighted by atomic mass is 9.82. The lowest BCUT2D eigenvalue weighted by Crippen LogP contribution is -2.57. The SMILES string of the molecule is Cc1cn(CC2C(=O)C3CCN2CC3)c(=O)[nH]c1=O. The van der Waals surface area contributed by atoms with Crippen molar-refractivity contribution in [2.45, 2.75) is 32.4 Å². The Kier molecular flexibility index (Phi) is 2.89. The van der Waals surface area contributed by atoms with Gasteiger partial charge in [-0.05, 0) is 32.9 Å². The van der Waals surface area contributed by atoms with Crippen molar-refractivity contribution in [1.29, 1.82) is 0 Å². The highest BCUT2D eigenvalue weighted by Gasteiger charge is 2.40. The molecule has 6 nitrogen and oxygen atoms in total. The van der Waals surface area contributed by atoms with E-state index in [1.54, 1.807) is 6.92 Å². The average Bonchev–Trinajstić information content (AvgIpc) is 2.40. The second-order valence-electron chi connectivity index (χ2n) is 5.45. The van der Waals surface area contributed by atoms with Gasteiger partial charge in [0.05, 0.1) is 6.04 Å². The van der Waals surface area contributed by atoms with Crippen LogP contribution in [0.15, 0.2) is 15.8 Å². The molecule has 1 aromatic heterocycles. The number of nitrogens with zero attached hydrogens (tertiary/aromatic N) is 2. The van der Waals surface area contributed by atoms with Crippen molar-refractivity contribution in [3.8, 4) is 0 Å². The number of ketones is 1. The predicted octanol–water partition coefficient (Wildman–Crippen LogP) is -0.492. The van der Waals surface area contributed by atoms with E-state index in [4.69, 9.17) is 0 Å². The molecule has 4 heterocycles. The fourth-order valence-electron chi connectivity index (χ4n) is 3.09. The van der Waals surface area contributed by atoms with Crippen LogP contribution in [-0.4, -0.2) is 39.4 Å². The number of fused-ring (bicyclic) bond motifs is 3.